The molecule has 0 radical (unpaired) electrons. The normalized spacial score (nSPS) is 11.5. The summed E-state index contributed by atoms with van der Waals surface area (Å²) in [6, 6.07) is 3.47. The van der Waals surface area contributed by atoms with Crippen LogP contribution in [0.2, 0.25) is 0 Å². The lowest BCUT2D eigenvalue weighted by Gasteiger charge is -2.06. The van der Waals surface area contributed by atoms with Gasteiger partial charge in [0.25, 0.3) is 5.78 Å². The van der Waals surface area contributed by atoms with Gasteiger partial charge in [-0.2, -0.15) is 0 Å². The molecule has 0 aliphatic rings. The molecule has 0 saturated heterocycles. The van der Waals surface area contributed by atoms with Crippen molar-refractivity contribution in [1.29, 1.82) is 0 Å². The van der Waals surface area contributed by atoms with Crippen LogP contribution in [0.1, 0.15) is 32.2 Å². The monoisotopic (exact) mass is 401 g/mol. The minimum Gasteiger partial charge on any atom is -0.477 e. The number of nitrogens with zero attached hydrogens (tertiary/aromatic N) is 4. The number of aromatic amines is 1. The zero-order valence-electron chi connectivity index (χ0n) is 14.7. The number of pyridine rings is 1. The van der Waals surface area contributed by atoms with Gasteiger partial charge in [-0.15, -0.1) is 21.5 Å². The van der Waals surface area contributed by atoms with E-state index in [0.29, 0.717) is 27.1 Å². The van der Waals surface area contributed by atoms with E-state index in [9.17, 15) is 14.7 Å². The molecule has 27 heavy (non-hydrogen) atoms. The van der Waals surface area contributed by atoms with Crippen molar-refractivity contribution in [3.8, 4) is 0 Å². The Labute approximate surface area is 161 Å². The molecule has 8 nitrogen and oxygen atoms in total. The predicted octanol–water partition coefficient (Wildman–Crippen LogP) is 2.94. The van der Waals surface area contributed by atoms with Crippen molar-refractivity contribution >= 4 is 45.1 Å². The van der Waals surface area contributed by atoms with Crippen molar-refractivity contribution in [1.82, 2.24) is 24.6 Å². The first-order chi connectivity index (χ1) is 12.8. The second-order valence-electron chi connectivity index (χ2n) is 6.17. The molecule has 0 amide bonds. The predicted molar refractivity (Wildman–Crippen MR) is 104 cm³/mol. The fourth-order valence-electron chi connectivity index (χ4n) is 3.12. The van der Waals surface area contributed by atoms with Crippen LogP contribution in [0.5, 0.6) is 0 Å². The van der Waals surface area contributed by atoms with Gasteiger partial charge in [-0.05, 0) is 38.0 Å². The number of thioether (sulfide) groups is 1. The minimum absolute atomic E-state index is 0.238. The van der Waals surface area contributed by atoms with E-state index < -0.39 is 5.97 Å². The van der Waals surface area contributed by atoms with E-state index in [0.717, 1.165) is 33.7 Å². The maximum absolute atomic E-state index is 12.0. The van der Waals surface area contributed by atoms with E-state index in [2.05, 4.69) is 20.2 Å². The van der Waals surface area contributed by atoms with E-state index in [4.69, 9.17) is 0 Å². The number of fused-ring (bicyclic) bond motifs is 2. The highest BCUT2D eigenvalue weighted by molar-refractivity contribution is 7.98. The van der Waals surface area contributed by atoms with Crippen LogP contribution in [-0.4, -0.2) is 35.6 Å². The van der Waals surface area contributed by atoms with Gasteiger partial charge in [0.15, 0.2) is 5.16 Å². The number of hydrogen-bond acceptors (Lipinski definition) is 7. The molecule has 4 aromatic rings. The van der Waals surface area contributed by atoms with Crippen LogP contribution in [0, 0.1) is 20.8 Å². The first-order valence-corrected chi connectivity index (χ1v) is 9.86. The SMILES string of the molecule is Cc1cc(C)n2c(SCc3cc(=O)[nH]c4sc(C(=O)O)c(C)c34)nnc2n1. The molecule has 4 rings (SSSR count). The first-order valence-electron chi connectivity index (χ1n) is 8.06. The molecular weight excluding hydrogens is 386 g/mol. The Morgan fingerprint density at radius 2 is 2.07 bits per heavy atom. The molecule has 4 heterocycles. The lowest BCUT2D eigenvalue weighted by atomic mass is 10.1. The molecular formula is C17H15N5O3S2. The molecule has 0 bridgehead atoms. The second-order valence-corrected chi connectivity index (χ2v) is 8.13. The summed E-state index contributed by atoms with van der Waals surface area (Å²) in [5, 5.41) is 19.1. The van der Waals surface area contributed by atoms with E-state index in [1.807, 2.05) is 24.3 Å². The van der Waals surface area contributed by atoms with Crippen LogP contribution in [-0.2, 0) is 5.75 Å². The summed E-state index contributed by atoms with van der Waals surface area (Å²) in [5.74, 6) is 0.00476. The zero-order chi connectivity index (χ0) is 19.3. The van der Waals surface area contributed by atoms with Gasteiger partial charge in [-0.25, -0.2) is 9.78 Å². The number of carboxylic acid groups (broad SMARTS) is 1. The molecule has 0 aromatic carbocycles. The van der Waals surface area contributed by atoms with E-state index in [1.54, 1.807) is 6.92 Å². The smallest absolute Gasteiger partial charge is 0.346 e. The minimum atomic E-state index is -0.992. The van der Waals surface area contributed by atoms with Crippen LogP contribution in [0.15, 0.2) is 22.1 Å². The third-order valence-corrected chi connectivity index (χ3v) is 6.40. The van der Waals surface area contributed by atoms with E-state index >= 15 is 0 Å². The number of rotatable bonds is 4. The quantitative estimate of drug-likeness (QED) is 0.505. The average molecular weight is 401 g/mol. The van der Waals surface area contributed by atoms with Crippen molar-refractivity contribution in [2.24, 2.45) is 0 Å². The summed E-state index contributed by atoms with van der Waals surface area (Å²) in [4.78, 5) is 31.4. The molecule has 10 heteroatoms. The van der Waals surface area contributed by atoms with Gasteiger partial charge >= 0.3 is 5.97 Å². The van der Waals surface area contributed by atoms with Crippen LogP contribution in [0.25, 0.3) is 16.0 Å². The number of carbonyl (C=O) groups is 1. The van der Waals surface area contributed by atoms with E-state index in [-0.39, 0.29) is 10.4 Å². The molecule has 2 N–H and O–H groups in total. The number of hydrogen-bond donors (Lipinski definition) is 2. The summed E-state index contributed by atoms with van der Waals surface area (Å²) in [6.07, 6.45) is 0. The number of H-pyrrole nitrogens is 1. The number of aromatic carboxylic acids is 1. The lowest BCUT2D eigenvalue weighted by molar-refractivity contribution is 0.0701. The van der Waals surface area contributed by atoms with Crippen molar-refractivity contribution in [3.05, 3.63) is 49.9 Å². The third-order valence-electron chi connectivity index (χ3n) is 4.22. The summed E-state index contributed by atoms with van der Waals surface area (Å²) in [5.41, 5.74) is 3.02. The fourth-order valence-corrected chi connectivity index (χ4v) is 5.17. The largest absolute Gasteiger partial charge is 0.477 e. The van der Waals surface area contributed by atoms with Crippen molar-refractivity contribution in [3.63, 3.8) is 0 Å². The van der Waals surface area contributed by atoms with Gasteiger partial charge in [-0.3, -0.25) is 9.20 Å². The van der Waals surface area contributed by atoms with Gasteiger partial charge in [0, 0.05) is 28.6 Å². The van der Waals surface area contributed by atoms with Gasteiger partial charge in [0.1, 0.15) is 9.71 Å². The zero-order valence-corrected chi connectivity index (χ0v) is 16.4. The van der Waals surface area contributed by atoms with Gasteiger partial charge < -0.3 is 10.1 Å². The molecule has 0 aliphatic carbocycles. The number of nitrogens with one attached hydrogen (secondary N) is 1. The number of carboxylic acids is 1. The Bertz CT molecular complexity index is 1270. The standard InChI is InChI=1S/C17H15N5O3S2/c1-7-4-8(2)22-16(18-7)20-21-17(22)26-6-10-5-11(23)19-14-12(10)9(3)13(27-14)15(24)25/h4-5H,6H2,1-3H3,(H,19,23)(H,24,25). The molecule has 138 valence electrons. The Balaban J connectivity index is 1.77. The molecule has 0 saturated carbocycles. The van der Waals surface area contributed by atoms with Gasteiger partial charge in [0.2, 0.25) is 5.56 Å². The van der Waals surface area contributed by atoms with Crippen LogP contribution in [0.3, 0.4) is 0 Å². The molecule has 0 atom stereocenters. The summed E-state index contributed by atoms with van der Waals surface area (Å²) in [6.45, 7) is 5.63. The first kappa shape index (κ1) is 17.7. The van der Waals surface area contributed by atoms with Crippen LogP contribution < -0.4 is 5.56 Å². The van der Waals surface area contributed by atoms with Gasteiger partial charge in [-0.1, -0.05) is 11.8 Å². The molecule has 0 fully saturated rings. The maximum atomic E-state index is 12.0. The number of aromatic nitrogens is 5. The Kier molecular flexibility index (Phi) is 4.23. The lowest BCUT2D eigenvalue weighted by Crippen LogP contribution is -2.05. The summed E-state index contributed by atoms with van der Waals surface area (Å²) in [7, 11) is 0. The second kappa shape index (κ2) is 6.46. The van der Waals surface area contributed by atoms with Crippen LogP contribution in [0.4, 0.5) is 0 Å². The van der Waals surface area contributed by atoms with Crippen molar-refractivity contribution in [2.75, 3.05) is 0 Å². The maximum Gasteiger partial charge on any atom is 0.346 e. The number of thiophene rings is 1. The average Bonchev–Trinajstić information content (AvgIpc) is 3.14. The molecule has 0 unspecified atom stereocenters. The summed E-state index contributed by atoms with van der Waals surface area (Å²) < 4.78 is 1.87. The fraction of sp³-hybridized carbons (Fsp3) is 0.235. The highest BCUT2D eigenvalue weighted by atomic mass is 32.2. The topological polar surface area (TPSA) is 113 Å². The van der Waals surface area contributed by atoms with Crippen molar-refractivity contribution < 1.29 is 9.90 Å². The molecule has 0 aliphatic heterocycles. The highest BCUT2D eigenvalue weighted by Gasteiger charge is 2.19. The Hall–Kier alpha value is -2.72. The third kappa shape index (κ3) is 3.00. The number of aryl methyl sites for hydroxylation is 3. The molecule has 0 spiro atoms. The van der Waals surface area contributed by atoms with Crippen LogP contribution >= 0.6 is 23.1 Å². The summed E-state index contributed by atoms with van der Waals surface area (Å²) >= 11 is 2.52. The Morgan fingerprint density at radius 1 is 1.30 bits per heavy atom. The highest BCUT2D eigenvalue weighted by Crippen LogP contribution is 2.33. The van der Waals surface area contributed by atoms with E-state index in [1.165, 1.54) is 17.8 Å². The van der Waals surface area contributed by atoms with Gasteiger partial charge in [0.05, 0.1) is 0 Å². The van der Waals surface area contributed by atoms with Crippen molar-refractivity contribution in [2.45, 2.75) is 31.7 Å². The molecule has 4 aromatic heterocycles. The Morgan fingerprint density at radius 3 is 2.81 bits per heavy atom.